The maximum Gasteiger partial charge on any atom is 0.122 e. The van der Waals surface area contributed by atoms with E-state index in [-0.39, 0.29) is 5.41 Å². The first-order chi connectivity index (χ1) is 7.63. The molecule has 16 heavy (non-hydrogen) atoms. The molecule has 0 aliphatic heterocycles. The number of phenolic OH excluding ortho intramolecular Hbond substituents is 1. The lowest BCUT2D eigenvalue weighted by molar-refractivity contribution is 0.244. The molecule has 3 heteroatoms. The monoisotopic (exact) mass is 221 g/mol. The van der Waals surface area contributed by atoms with E-state index in [0.717, 1.165) is 29.7 Å². The molecule has 0 amide bonds. The van der Waals surface area contributed by atoms with Crippen molar-refractivity contribution < 1.29 is 9.84 Å². The van der Waals surface area contributed by atoms with Gasteiger partial charge in [0.1, 0.15) is 11.5 Å². The molecule has 0 spiro atoms. The Bertz CT molecular complexity index is 392. The number of aromatic hydroxyl groups is 1. The van der Waals surface area contributed by atoms with Gasteiger partial charge >= 0.3 is 0 Å². The third-order valence-electron chi connectivity index (χ3n) is 3.79. The van der Waals surface area contributed by atoms with Gasteiger partial charge in [-0.25, -0.2) is 0 Å². The van der Waals surface area contributed by atoms with Crippen molar-refractivity contribution in [2.24, 2.45) is 5.73 Å². The van der Waals surface area contributed by atoms with Crippen molar-refractivity contribution in [3.05, 3.63) is 23.3 Å². The van der Waals surface area contributed by atoms with Crippen molar-refractivity contribution in [1.29, 1.82) is 0 Å². The minimum Gasteiger partial charge on any atom is -0.508 e. The van der Waals surface area contributed by atoms with E-state index in [1.165, 1.54) is 6.42 Å². The molecule has 2 rings (SSSR count). The summed E-state index contributed by atoms with van der Waals surface area (Å²) < 4.78 is 5.30. The average molecular weight is 221 g/mol. The maximum atomic E-state index is 10.0. The predicted molar refractivity (Wildman–Crippen MR) is 64.0 cm³/mol. The first-order valence-electron chi connectivity index (χ1n) is 5.71. The number of methoxy groups -OCH3 is 1. The summed E-state index contributed by atoms with van der Waals surface area (Å²) in [5, 5.41) is 10.0. The molecular formula is C13H19NO2. The molecule has 88 valence electrons. The maximum absolute atomic E-state index is 10.0. The quantitative estimate of drug-likeness (QED) is 0.821. The Kier molecular flexibility index (Phi) is 2.80. The third kappa shape index (κ3) is 1.55. The van der Waals surface area contributed by atoms with Crippen LogP contribution in [0.2, 0.25) is 0 Å². The van der Waals surface area contributed by atoms with Crippen molar-refractivity contribution in [1.82, 2.24) is 0 Å². The smallest absolute Gasteiger partial charge is 0.122 e. The van der Waals surface area contributed by atoms with Crippen LogP contribution in [0.25, 0.3) is 0 Å². The normalized spacial score (nSPS) is 17.9. The molecular weight excluding hydrogens is 202 g/mol. The van der Waals surface area contributed by atoms with Crippen LogP contribution in [0, 0.1) is 6.92 Å². The van der Waals surface area contributed by atoms with Crippen molar-refractivity contribution in [2.45, 2.75) is 31.6 Å². The molecule has 1 aliphatic rings. The molecule has 3 N–H and O–H groups in total. The van der Waals surface area contributed by atoms with E-state index in [1.807, 2.05) is 13.0 Å². The van der Waals surface area contributed by atoms with E-state index in [1.54, 1.807) is 13.2 Å². The van der Waals surface area contributed by atoms with Gasteiger partial charge in [0.2, 0.25) is 0 Å². The number of phenols is 1. The minimum atomic E-state index is -0.0228. The molecule has 1 saturated carbocycles. The molecule has 3 nitrogen and oxygen atoms in total. The number of aryl methyl sites for hydroxylation is 1. The second-order valence-corrected chi connectivity index (χ2v) is 4.68. The van der Waals surface area contributed by atoms with Gasteiger partial charge in [0, 0.05) is 17.5 Å². The van der Waals surface area contributed by atoms with Crippen LogP contribution in [0.5, 0.6) is 11.5 Å². The predicted octanol–water partition coefficient (Wildman–Crippen LogP) is 2.09. The third-order valence-corrected chi connectivity index (χ3v) is 3.79. The summed E-state index contributed by atoms with van der Waals surface area (Å²) in [6.07, 6.45) is 3.30. The lowest BCUT2D eigenvalue weighted by Crippen LogP contribution is -2.41. The number of ether oxygens (including phenoxy) is 1. The van der Waals surface area contributed by atoms with Crippen LogP contribution in [0.15, 0.2) is 12.1 Å². The summed E-state index contributed by atoms with van der Waals surface area (Å²) in [6, 6.07) is 3.71. The van der Waals surface area contributed by atoms with Gasteiger partial charge in [-0.3, -0.25) is 0 Å². The van der Waals surface area contributed by atoms with Crippen LogP contribution < -0.4 is 10.5 Å². The Morgan fingerprint density at radius 3 is 2.56 bits per heavy atom. The Hall–Kier alpha value is -1.22. The SMILES string of the molecule is COc1cc(C2(CN)CCC2)c(O)cc1C. The van der Waals surface area contributed by atoms with Gasteiger partial charge in [-0.15, -0.1) is 0 Å². The molecule has 1 fully saturated rings. The standard InChI is InChI=1S/C13H19NO2/c1-9-6-11(15)10(7-12(9)16-2)13(8-14)4-3-5-13/h6-7,15H,3-5,8,14H2,1-2H3. The van der Waals surface area contributed by atoms with Gasteiger partial charge < -0.3 is 15.6 Å². The van der Waals surface area contributed by atoms with Crippen LogP contribution in [0.3, 0.4) is 0 Å². The first kappa shape index (κ1) is 11.3. The van der Waals surface area contributed by atoms with Crippen LogP contribution in [-0.2, 0) is 5.41 Å². The molecule has 0 heterocycles. The largest absolute Gasteiger partial charge is 0.508 e. The summed E-state index contributed by atoms with van der Waals surface area (Å²) in [7, 11) is 1.65. The molecule has 0 atom stereocenters. The van der Waals surface area contributed by atoms with Gasteiger partial charge in [0.15, 0.2) is 0 Å². The number of rotatable bonds is 3. The van der Waals surface area contributed by atoms with Gasteiger partial charge in [-0.2, -0.15) is 0 Å². The fourth-order valence-electron chi connectivity index (χ4n) is 2.50. The Labute approximate surface area is 96.2 Å². The summed E-state index contributed by atoms with van der Waals surface area (Å²) in [5.41, 5.74) is 7.73. The van der Waals surface area contributed by atoms with E-state index >= 15 is 0 Å². The van der Waals surface area contributed by atoms with Crippen molar-refractivity contribution in [3.63, 3.8) is 0 Å². The number of benzene rings is 1. The first-order valence-corrected chi connectivity index (χ1v) is 5.71. The van der Waals surface area contributed by atoms with E-state index in [4.69, 9.17) is 10.5 Å². The molecule has 0 aromatic heterocycles. The van der Waals surface area contributed by atoms with E-state index < -0.39 is 0 Å². The number of nitrogens with two attached hydrogens (primary N) is 1. The number of hydrogen-bond donors (Lipinski definition) is 2. The van der Waals surface area contributed by atoms with Crippen molar-refractivity contribution in [2.75, 3.05) is 13.7 Å². The van der Waals surface area contributed by atoms with Gasteiger partial charge in [0.05, 0.1) is 7.11 Å². The molecule has 0 radical (unpaired) electrons. The Morgan fingerprint density at radius 2 is 2.12 bits per heavy atom. The zero-order valence-corrected chi connectivity index (χ0v) is 9.92. The highest BCUT2D eigenvalue weighted by atomic mass is 16.5. The van der Waals surface area contributed by atoms with Crippen LogP contribution in [0.4, 0.5) is 0 Å². The van der Waals surface area contributed by atoms with Crippen LogP contribution in [0.1, 0.15) is 30.4 Å². The molecule has 1 aromatic rings. The summed E-state index contributed by atoms with van der Waals surface area (Å²) in [4.78, 5) is 0. The van der Waals surface area contributed by atoms with E-state index in [0.29, 0.717) is 12.3 Å². The average Bonchev–Trinajstić information content (AvgIpc) is 2.20. The highest BCUT2D eigenvalue weighted by Gasteiger charge is 2.39. The summed E-state index contributed by atoms with van der Waals surface area (Å²) in [5.74, 6) is 1.18. The zero-order valence-electron chi connectivity index (χ0n) is 9.92. The molecule has 0 unspecified atom stereocenters. The second-order valence-electron chi connectivity index (χ2n) is 4.68. The van der Waals surface area contributed by atoms with Gasteiger partial charge in [-0.1, -0.05) is 6.42 Å². The Balaban J connectivity index is 2.47. The molecule has 1 aliphatic carbocycles. The van der Waals surface area contributed by atoms with Gasteiger partial charge in [0.25, 0.3) is 0 Å². The topological polar surface area (TPSA) is 55.5 Å². The second kappa shape index (κ2) is 3.98. The minimum absolute atomic E-state index is 0.0228. The van der Waals surface area contributed by atoms with Gasteiger partial charge in [-0.05, 0) is 37.5 Å². The highest BCUT2D eigenvalue weighted by molar-refractivity contribution is 5.49. The zero-order chi connectivity index (χ0) is 11.8. The summed E-state index contributed by atoms with van der Waals surface area (Å²) in [6.45, 7) is 2.52. The fourth-order valence-corrected chi connectivity index (χ4v) is 2.50. The molecule has 0 bridgehead atoms. The van der Waals surface area contributed by atoms with Crippen molar-refractivity contribution >= 4 is 0 Å². The molecule has 1 aromatic carbocycles. The van der Waals surface area contributed by atoms with Crippen molar-refractivity contribution in [3.8, 4) is 11.5 Å². The Morgan fingerprint density at radius 1 is 1.44 bits per heavy atom. The van der Waals surface area contributed by atoms with Crippen LogP contribution >= 0.6 is 0 Å². The van der Waals surface area contributed by atoms with E-state index in [2.05, 4.69) is 0 Å². The summed E-state index contributed by atoms with van der Waals surface area (Å²) >= 11 is 0. The fraction of sp³-hybridized carbons (Fsp3) is 0.538. The number of hydrogen-bond acceptors (Lipinski definition) is 3. The van der Waals surface area contributed by atoms with Crippen LogP contribution in [-0.4, -0.2) is 18.8 Å². The lowest BCUT2D eigenvalue weighted by atomic mass is 9.64. The lowest BCUT2D eigenvalue weighted by Gasteiger charge is -2.42. The highest BCUT2D eigenvalue weighted by Crippen LogP contribution is 2.47. The molecule has 0 saturated heterocycles. The van der Waals surface area contributed by atoms with E-state index in [9.17, 15) is 5.11 Å².